The van der Waals surface area contributed by atoms with Crippen LogP contribution in [0.1, 0.15) is 54.9 Å². The lowest BCUT2D eigenvalue weighted by atomic mass is 9.97. The van der Waals surface area contributed by atoms with Crippen molar-refractivity contribution in [3.05, 3.63) is 12.7 Å². The number of hydrogen-bond donors (Lipinski definition) is 0. The summed E-state index contributed by atoms with van der Waals surface area (Å²) in [7, 11) is -2.05. The van der Waals surface area contributed by atoms with E-state index in [4.69, 9.17) is 32.8 Å². The molecule has 0 unspecified atom stereocenters. The highest BCUT2D eigenvalue weighted by molar-refractivity contribution is 6.73. The van der Waals surface area contributed by atoms with E-state index in [0.29, 0.717) is 6.42 Å². The molecule has 3 aliphatic rings. The Morgan fingerprint density at radius 3 is 2.28 bits per heavy atom. The highest BCUT2D eigenvalue weighted by Crippen LogP contribution is 2.45. The average molecular weight is 473 g/mol. The fraction of sp³-hybridized carbons (Fsp3) is 0.870. The van der Waals surface area contributed by atoms with E-state index in [0.717, 1.165) is 18.1 Å². The first-order valence-electron chi connectivity index (χ1n) is 11.8. The van der Waals surface area contributed by atoms with Gasteiger partial charge < -0.3 is 32.8 Å². The summed E-state index contributed by atoms with van der Waals surface area (Å²) in [6, 6.07) is 2.79. The summed E-state index contributed by atoms with van der Waals surface area (Å²) in [5.41, 5.74) is 0. The molecular weight excluding hydrogens is 432 g/mol. The normalized spacial score (nSPS) is 34.3. The number of hydrogen-bond acceptors (Lipinski definition) is 8. The van der Waals surface area contributed by atoms with Gasteiger partial charge in [-0.15, -0.1) is 6.58 Å². The number of carbonyl (C=O) groups excluding carboxylic acids is 1. The topological polar surface area (TPSA) is 81.7 Å². The standard InChI is InChI=1S/C23H40O8Si/c1-9-13-16(30-32(10-2,11-3)12-4)20(24)27-19-18-17(28-22(7,8)29-18)14-25-23(19)15-26-21(5,6)31-23/h9,16-19H,1,10-15H2,2-8H3/t16-,17-,18-,19+,23+/m1/s1. The van der Waals surface area contributed by atoms with E-state index < -0.39 is 50.0 Å². The van der Waals surface area contributed by atoms with E-state index in [1.165, 1.54) is 0 Å². The Morgan fingerprint density at radius 1 is 1.09 bits per heavy atom. The van der Waals surface area contributed by atoms with Crippen molar-refractivity contribution in [2.24, 2.45) is 0 Å². The van der Waals surface area contributed by atoms with Crippen molar-refractivity contribution >= 4 is 14.3 Å². The minimum Gasteiger partial charge on any atom is -0.452 e. The summed E-state index contributed by atoms with van der Waals surface area (Å²) in [6.07, 6.45) is -0.465. The maximum Gasteiger partial charge on any atom is 0.334 e. The predicted octanol–water partition coefficient (Wildman–Crippen LogP) is 3.89. The van der Waals surface area contributed by atoms with E-state index in [1.54, 1.807) is 19.9 Å². The Labute approximate surface area is 193 Å². The second-order valence-corrected chi connectivity index (χ2v) is 14.5. The third kappa shape index (κ3) is 5.14. The largest absolute Gasteiger partial charge is 0.452 e. The fourth-order valence-electron chi connectivity index (χ4n) is 4.77. The SMILES string of the molecule is C=CC[C@@H](O[Si](CC)(CC)CC)C(=O)O[C@H]1[C@@H]2OC(C)(C)O[C@@H]2CO[C@]12COC(C)(C)O2. The van der Waals surface area contributed by atoms with Crippen LogP contribution < -0.4 is 0 Å². The molecule has 3 saturated heterocycles. The summed E-state index contributed by atoms with van der Waals surface area (Å²) >= 11 is 0. The molecule has 0 aromatic carbocycles. The van der Waals surface area contributed by atoms with Gasteiger partial charge in [0.2, 0.25) is 5.79 Å². The quantitative estimate of drug-likeness (QED) is 0.284. The molecule has 32 heavy (non-hydrogen) atoms. The summed E-state index contributed by atoms with van der Waals surface area (Å²) < 4.78 is 42.8. The third-order valence-electron chi connectivity index (χ3n) is 6.70. The van der Waals surface area contributed by atoms with Gasteiger partial charge in [0.1, 0.15) is 24.9 Å². The van der Waals surface area contributed by atoms with Crippen LogP contribution in [0.3, 0.4) is 0 Å². The first-order chi connectivity index (χ1) is 14.9. The Morgan fingerprint density at radius 2 is 1.75 bits per heavy atom. The van der Waals surface area contributed by atoms with Crippen molar-refractivity contribution in [3.63, 3.8) is 0 Å². The van der Waals surface area contributed by atoms with E-state index in [2.05, 4.69) is 27.4 Å². The average Bonchev–Trinajstić information content (AvgIpc) is 3.23. The van der Waals surface area contributed by atoms with Crippen molar-refractivity contribution in [1.29, 1.82) is 0 Å². The van der Waals surface area contributed by atoms with Gasteiger partial charge >= 0.3 is 5.97 Å². The van der Waals surface area contributed by atoms with Gasteiger partial charge in [0.05, 0.1) is 6.61 Å². The highest BCUT2D eigenvalue weighted by atomic mass is 28.4. The van der Waals surface area contributed by atoms with Gasteiger partial charge in [0, 0.05) is 6.42 Å². The molecule has 0 aromatic rings. The summed E-state index contributed by atoms with van der Waals surface area (Å²) in [5.74, 6) is -3.43. The molecule has 0 aromatic heterocycles. The molecule has 0 bridgehead atoms. The first-order valence-corrected chi connectivity index (χ1v) is 14.3. The maximum absolute atomic E-state index is 13.5. The van der Waals surface area contributed by atoms with Crippen LogP contribution in [0.5, 0.6) is 0 Å². The van der Waals surface area contributed by atoms with Crippen LogP contribution in [0.2, 0.25) is 18.1 Å². The lowest BCUT2D eigenvalue weighted by Crippen LogP contribution is -2.63. The molecule has 0 N–H and O–H groups in total. The zero-order valence-corrected chi connectivity index (χ0v) is 21.6. The Balaban J connectivity index is 1.87. The monoisotopic (exact) mass is 472 g/mol. The molecule has 0 amide bonds. The predicted molar refractivity (Wildman–Crippen MR) is 120 cm³/mol. The van der Waals surface area contributed by atoms with Gasteiger partial charge in [-0.1, -0.05) is 26.8 Å². The van der Waals surface area contributed by atoms with Gasteiger partial charge in [0.25, 0.3) is 0 Å². The Bertz CT molecular complexity index is 681. The van der Waals surface area contributed by atoms with E-state index >= 15 is 0 Å². The molecule has 3 heterocycles. The first kappa shape index (κ1) is 25.8. The molecular formula is C23H40O8Si. The smallest absolute Gasteiger partial charge is 0.334 e. The Kier molecular flexibility index (Phi) is 7.61. The molecule has 0 aliphatic carbocycles. The third-order valence-corrected chi connectivity index (χ3v) is 11.3. The van der Waals surface area contributed by atoms with Gasteiger partial charge in [-0.25, -0.2) is 4.79 Å². The van der Waals surface area contributed by atoms with Crippen molar-refractivity contribution in [3.8, 4) is 0 Å². The molecule has 3 rings (SSSR count). The highest BCUT2D eigenvalue weighted by Gasteiger charge is 2.64. The van der Waals surface area contributed by atoms with Crippen LogP contribution in [0.4, 0.5) is 0 Å². The minimum absolute atomic E-state index is 0.121. The van der Waals surface area contributed by atoms with Crippen LogP contribution >= 0.6 is 0 Å². The van der Waals surface area contributed by atoms with Crippen molar-refractivity contribution in [1.82, 2.24) is 0 Å². The van der Waals surface area contributed by atoms with Crippen molar-refractivity contribution in [2.75, 3.05) is 13.2 Å². The second-order valence-electron chi connectivity index (χ2n) is 9.78. The van der Waals surface area contributed by atoms with Crippen molar-refractivity contribution in [2.45, 2.75) is 115 Å². The van der Waals surface area contributed by atoms with Crippen molar-refractivity contribution < 1.29 is 37.6 Å². The molecule has 3 fully saturated rings. The molecule has 0 radical (unpaired) electrons. The second kappa shape index (κ2) is 9.44. The van der Waals surface area contributed by atoms with Gasteiger partial charge in [-0.05, 0) is 45.8 Å². The van der Waals surface area contributed by atoms with Crippen LogP contribution in [-0.2, 0) is 37.6 Å². The molecule has 1 spiro atoms. The molecule has 5 atom stereocenters. The lowest BCUT2D eigenvalue weighted by molar-refractivity contribution is -0.329. The lowest BCUT2D eigenvalue weighted by Gasteiger charge is -2.43. The fourth-order valence-corrected chi connectivity index (χ4v) is 7.56. The zero-order valence-electron chi connectivity index (χ0n) is 20.6. The number of carbonyl (C=O) groups is 1. The zero-order chi connectivity index (χ0) is 23.8. The van der Waals surface area contributed by atoms with Gasteiger partial charge in [-0.2, -0.15) is 0 Å². The Hall–Kier alpha value is -0.813. The van der Waals surface area contributed by atoms with Crippen LogP contribution in [-0.4, -0.2) is 69.3 Å². The number of esters is 1. The molecule has 0 saturated carbocycles. The molecule has 9 heteroatoms. The summed E-state index contributed by atoms with van der Waals surface area (Å²) in [5, 5.41) is 0. The molecule has 8 nitrogen and oxygen atoms in total. The maximum atomic E-state index is 13.5. The van der Waals surface area contributed by atoms with Crippen LogP contribution in [0.15, 0.2) is 12.7 Å². The minimum atomic E-state index is -2.05. The number of ether oxygens (including phenoxy) is 6. The van der Waals surface area contributed by atoms with E-state index in [9.17, 15) is 4.79 Å². The van der Waals surface area contributed by atoms with E-state index in [1.807, 2.05) is 13.8 Å². The van der Waals surface area contributed by atoms with Gasteiger partial charge in [-0.3, -0.25) is 0 Å². The van der Waals surface area contributed by atoms with E-state index in [-0.39, 0.29) is 19.3 Å². The number of fused-ring (bicyclic) bond motifs is 1. The summed E-state index contributed by atoms with van der Waals surface area (Å²) in [6.45, 7) is 17.8. The molecule has 3 aliphatic heterocycles. The van der Waals surface area contributed by atoms with Gasteiger partial charge in [0.15, 0.2) is 26.0 Å². The summed E-state index contributed by atoms with van der Waals surface area (Å²) in [4.78, 5) is 13.5. The molecule has 184 valence electrons. The van der Waals surface area contributed by atoms with Crippen LogP contribution in [0, 0.1) is 0 Å². The van der Waals surface area contributed by atoms with Crippen LogP contribution in [0.25, 0.3) is 0 Å². The number of rotatable bonds is 9.